The first kappa shape index (κ1) is 25.4. The van der Waals surface area contributed by atoms with Crippen LogP contribution in [0.4, 0.5) is 10.1 Å². The van der Waals surface area contributed by atoms with E-state index in [0.717, 1.165) is 0 Å². The summed E-state index contributed by atoms with van der Waals surface area (Å²) in [4.78, 5) is 45.7. The number of carbonyl (C=O) groups excluding carboxylic acids is 3. The third kappa shape index (κ3) is 3.50. The van der Waals surface area contributed by atoms with Gasteiger partial charge in [-0.25, -0.2) is 4.39 Å². The largest absolute Gasteiger partial charge is 0.497 e. The molecule has 202 valence electrons. The van der Waals surface area contributed by atoms with Crippen molar-refractivity contribution in [2.75, 3.05) is 12.0 Å². The lowest BCUT2D eigenvalue weighted by molar-refractivity contribution is 0.0665. The van der Waals surface area contributed by atoms with Gasteiger partial charge in [0.15, 0.2) is 17.3 Å². The summed E-state index contributed by atoms with van der Waals surface area (Å²) >= 11 is 6.15. The molecule has 41 heavy (non-hydrogen) atoms. The molecule has 1 saturated heterocycles. The molecule has 1 spiro atoms. The van der Waals surface area contributed by atoms with E-state index in [4.69, 9.17) is 16.3 Å². The predicted octanol–water partition coefficient (Wildman–Crippen LogP) is 6.80. The molecule has 0 N–H and O–H groups in total. The fourth-order valence-electron chi connectivity index (χ4n) is 6.94. The maximum absolute atomic E-state index is 14.6. The van der Waals surface area contributed by atoms with Crippen molar-refractivity contribution in [2.24, 2.45) is 5.41 Å². The summed E-state index contributed by atoms with van der Waals surface area (Å²) in [6.45, 7) is 0. The number of anilines is 1. The molecule has 2 heterocycles. The summed E-state index contributed by atoms with van der Waals surface area (Å²) < 4.78 is 19.9. The number of benzene rings is 4. The average Bonchev–Trinajstić information content (AvgIpc) is 3.43. The molecule has 0 radical (unpaired) electrons. The number of halogens is 2. The number of carbonyl (C=O) groups is 3. The van der Waals surface area contributed by atoms with Crippen LogP contribution in [0.15, 0.2) is 97.1 Å². The van der Waals surface area contributed by atoms with E-state index in [1.165, 1.54) is 12.1 Å². The molecule has 0 unspecified atom stereocenters. The molecule has 3 atom stereocenters. The summed E-state index contributed by atoms with van der Waals surface area (Å²) in [5, 5.41) is 0.477. The number of Topliss-reactive ketones (excluding diaryl/α,β-unsaturated/α-hetero) is 3. The molecule has 0 bridgehead atoms. The SMILES string of the molecule is COc1cccc([C@H]2[C@H](C(=O)c3ccc(Cl)cc3)N3c4ccc(F)cc4C=C[C@@H]3C23C(=O)c2ccccc2C3=O)c1. The zero-order valence-electron chi connectivity index (χ0n) is 21.9. The molecule has 1 fully saturated rings. The highest BCUT2D eigenvalue weighted by Gasteiger charge is 2.71. The zero-order chi connectivity index (χ0) is 28.5. The van der Waals surface area contributed by atoms with E-state index in [1.807, 2.05) is 11.0 Å². The van der Waals surface area contributed by atoms with Crippen LogP contribution in [0.3, 0.4) is 0 Å². The van der Waals surface area contributed by atoms with Crippen LogP contribution in [0, 0.1) is 11.2 Å². The third-order valence-electron chi connectivity index (χ3n) is 8.62. The fraction of sp³-hybridized carbons (Fsp3) is 0.147. The minimum absolute atomic E-state index is 0.279. The Kier molecular flexibility index (Phi) is 5.73. The average molecular weight is 564 g/mol. The van der Waals surface area contributed by atoms with Gasteiger partial charge in [0.1, 0.15) is 23.0 Å². The maximum Gasteiger partial charge on any atom is 0.185 e. The molecule has 2 aliphatic heterocycles. The molecule has 0 aromatic heterocycles. The van der Waals surface area contributed by atoms with E-state index in [-0.39, 0.29) is 17.3 Å². The highest BCUT2D eigenvalue weighted by molar-refractivity contribution is 6.32. The van der Waals surface area contributed by atoms with E-state index in [0.29, 0.717) is 44.3 Å². The third-order valence-corrected chi connectivity index (χ3v) is 8.87. The van der Waals surface area contributed by atoms with Gasteiger partial charge in [-0.1, -0.05) is 60.2 Å². The Balaban J connectivity index is 1.55. The highest BCUT2D eigenvalue weighted by Crippen LogP contribution is 2.61. The lowest BCUT2D eigenvalue weighted by atomic mass is 9.64. The first-order valence-electron chi connectivity index (χ1n) is 13.2. The number of ketones is 3. The molecule has 5 nitrogen and oxygen atoms in total. The highest BCUT2D eigenvalue weighted by atomic mass is 35.5. The van der Waals surface area contributed by atoms with Crippen LogP contribution in [-0.4, -0.2) is 36.5 Å². The van der Waals surface area contributed by atoms with Gasteiger partial charge in [-0.05, 0) is 60.2 Å². The molecule has 3 aliphatic rings. The lowest BCUT2D eigenvalue weighted by Gasteiger charge is -2.37. The minimum Gasteiger partial charge on any atom is -0.497 e. The lowest BCUT2D eigenvalue weighted by Crippen LogP contribution is -2.48. The quantitative estimate of drug-likeness (QED) is 0.202. The van der Waals surface area contributed by atoms with Crippen LogP contribution < -0.4 is 9.64 Å². The number of hydrogen-bond donors (Lipinski definition) is 0. The second-order valence-corrected chi connectivity index (χ2v) is 11.0. The molecular weight excluding hydrogens is 541 g/mol. The van der Waals surface area contributed by atoms with Crippen molar-refractivity contribution < 1.29 is 23.5 Å². The smallest absolute Gasteiger partial charge is 0.185 e. The number of fused-ring (bicyclic) bond motifs is 5. The van der Waals surface area contributed by atoms with Crippen molar-refractivity contribution in [3.05, 3.63) is 136 Å². The van der Waals surface area contributed by atoms with Gasteiger partial charge in [0.2, 0.25) is 0 Å². The normalized spacial score (nSPS) is 21.5. The Labute approximate surface area is 240 Å². The Morgan fingerprint density at radius 1 is 0.902 bits per heavy atom. The van der Waals surface area contributed by atoms with E-state index in [9.17, 15) is 18.8 Å². The van der Waals surface area contributed by atoms with Gasteiger partial charge in [-0.15, -0.1) is 0 Å². The summed E-state index contributed by atoms with van der Waals surface area (Å²) in [5.41, 5.74) is 1.17. The second-order valence-electron chi connectivity index (χ2n) is 10.6. The molecule has 7 rings (SSSR count). The van der Waals surface area contributed by atoms with Crippen molar-refractivity contribution in [1.82, 2.24) is 0 Å². The van der Waals surface area contributed by atoms with E-state index < -0.39 is 29.2 Å². The van der Waals surface area contributed by atoms with Crippen molar-refractivity contribution in [2.45, 2.75) is 18.0 Å². The second kappa shape index (κ2) is 9.25. The molecule has 7 heteroatoms. The van der Waals surface area contributed by atoms with Gasteiger partial charge in [0.05, 0.1) is 13.2 Å². The maximum atomic E-state index is 14.6. The van der Waals surface area contributed by atoms with Crippen LogP contribution in [0.25, 0.3) is 6.08 Å². The van der Waals surface area contributed by atoms with Crippen molar-refractivity contribution in [3.8, 4) is 5.75 Å². The van der Waals surface area contributed by atoms with E-state index in [2.05, 4.69) is 0 Å². The van der Waals surface area contributed by atoms with Crippen molar-refractivity contribution in [1.29, 1.82) is 0 Å². The summed E-state index contributed by atoms with van der Waals surface area (Å²) in [6, 6.07) is 23.1. The van der Waals surface area contributed by atoms with Crippen LogP contribution in [-0.2, 0) is 0 Å². The van der Waals surface area contributed by atoms with Crippen LogP contribution in [0.2, 0.25) is 5.02 Å². The fourth-order valence-corrected chi connectivity index (χ4v) is 7.07. The van der Waals surface area contributed by atoms with Crippen LogP contribution >= 0.6 is 11.6 Å². The first-order valence-corrected chi connectivity index (χ1v) is 13.6. The zero-order valence-corrected chi connectivity index (χ0v) is 22.6. The Morgan fingerprint density at radius 3 is 2.29 bits per heavy atom. The van der Waals surface area contributed by atoms with Crippen LogP contribution in [0.5, 0.6) is 5.75 Å². The number of ether oxygens (including phenoxy) is 1. The Hall–Kier alpha value is -4.55. The molecule has 0 amide bonds. The molecular formula is C34H23ClFNO4. The Bertz CT molecular complexity index is 1760. The number of nitrogens with zero attached hydrogens (tertiary/aromatic N) is 1. The number of hydrogen-bond acceptors (Lipinski definition) is 5. The van der Waals surface area contributed by atoms with Gasteiger partial charge in [0, 0.05) is 38.9 Å². The van der Waals surface area contributed by atoms with Gasteiger partial charge >= 0.3 is 0 Å². The van der Waals surface area contributed by atoms with Crippen molar-refractivity contribution in [3.63, 3.8) is 0 Å². The van der Waals surface area contributed by atoms with Gasteiger partial charge < -0.3 is 9.64 Å². The topological polar surface area (TPSA) is 63.7 Å². The van der Waals surface area contributed by atoms with E-state index in [1.54, 1.807) is 92.1 Å². The van der Waals surface area contributed by atoms with Gasteiger partial charge in [-0.2, -0.15) is 0 Å². The first-order chi connectivity index (χ1) is 19.9. The monoisotopic (exact) mass is 563 g/mol. The summed E-state index contributed by atoms with van der Waals surface area (Å²) in [7, 11) is 1.54. The number of rotatable bonds is 4. The molecule has 1 aliphatic carbocycles. The Morgan fingerprint density at radius 2 is 1.61 bits per heavy atom. The summed E-state index contributed by atoms with van der Waals surface area (Å²) in [5.74, 6) is -1.72. The molecule has 4 aromatic carbocycles. The predicted molar refractivity (Wildman–Crippen MR) is 155 cm³/mol. The summed E-state index contributed by atoms with van der Waals surface area (Å²) in [6.07, 6.45) is 3.51. The minimum atomic E-state index is -1.65. The van der Waals surface area contributed by atoms with Crippen LogP contribution in [0.1, 0.15) is 48.1 Å². The van der Waals surface area contributed by atoms with Gasteiger partial charge in [-0.3, -0.25) is 14.4 Å². The van der Waals surface area contributed by atoms with E-state index >= 15 is 0 Å². The standard InChI is InChI=1S/C34H23ClFNO4/c1-41-24-6-4-5-21(18-24)29-30(31(38)19-9-12-22(35)13-10-19)37-27-15-14-23(36)17-20(27)11-16-28(37)34(29)32(39)25-7-2-3-8-26(25)33(34)40/h2-18,28-30H,1H3/t28-,29+,30-/m1/s1. The molecule has 0 saturated carbocycles. The number of methoxy groups -OCH3 is 1. The van der Waals surface area contributed by atoms with Gasteiger partial charge in [0.25, 0.3) is 0 Å². The van der Waals surface area contributed by atoms with Crippen molar-refractivity contribution >= 4 is 40.7 Å². The molecule has 4 aromatic rings.